The van der Waals surface area contributed by atoms with Crippen molar-refractivity contribution in [3.05, 3.63) is 36.8 Å². The highest BCUT2D eigenvalue weighted by molar-refractivity contribution is 5.87. The molecular formula is C21H27N7O. The molecular weight excluding hydrogens is 366 g/mol. The molecule has 29 heavy (non-hydrogen) atoms. The van der Waals surface area contributed by atoms with Gasteiger partial charge in [-0.05, 0) is 57.2 Å². The lowest BCUT2D eigenvalue weighted by atomic mass is 10.1. The molecule has 4 heterocycles. The maximum absolute atomic E-state index is 5.45. The zero-order valence-corrected chi connectivity index (χ0v) is 16.8. The molecule has 2 fully saturated rings. The minimum absolute atomic E-state index is 0.388. The van der Waals surface area contributed by atoms with E-state index in [1.165, 1.54) is 5.69 Å². The van der Waals surface area contributed by atoms with Crippen LogP contribution in [0.25, 0.3) is 11.0 Å². The third-order valence-electron chi connectivity index (χ3n) is 5.92. The zero-order chi connectivity index (χ0) is 19.6. The van der Waals surface area contributed by atoms with Crippen molar-refractivity contribution < 1.29 is 4.74 Å². The molecule has 3 aromatic rings. The fourth-order valence-electron chi connectivity index (χ4n) is 4.21. The lowest BCUT2D eigenvalue weighted by molar-refractivity contribution is 0.122. The first kappa shape index (κ1) is 18.3. The van der Waals surface area contributed by atoms with Crippen molar-refractivity contribution in [2.45, 2.75) is 18.9 Å². The number of benzene rings is 1. The third kappa shape index (κ3) is 3.77. The Kier molecular flexibility index (Phi) is 5.03. The van der Waals surface area contributed by atoms with E-state index in [-0.39, 0.29) is 0 Å². The van der Waals surface area contributed by atoms with Gasteiger partial charge in [-0.2, -0.15) is 5.10 Å². The Hall–Kier alpha value is -2.71. The fraction of sp³-hybridized carbons (Fsp3) is 0.476. The molecule has 0 saturated carbocycles. The number of piperidine rings is 1. The van der Waals surface area contributed by atoms with Gasteiger partial charge in [-0.15, -0.1) is 0 Å². The summed E-state index contributed by atoms with van der Waals surface area (Å²) in [6.07, 6.45) is 5.64. The number of rotatable bonds is 4. The molecule has 2 aliphatic rings. The fourth-order valence-corrected chi connectivity index (χ4v) is 4.21. The second kappa shape index (κ2) is 7.96. The second-order valence-electron chi connectivity index (χ2n) is 7.85. The van der Waals surface area contributed by atoms with Gasteiger partial charge in [0.15, 0.2) is 5.82 Å². The number of likely N-dealkylation sites (tertiary alicyclic amines) is 1. The highest BCUT2D eigenvalue weighted by Crippen LogP contribution is 2.30. The van der Waals surface area contributed by atoms with Crippen LogP contribution in [0.4, 0.5) is 17.2 Å². The van der Waals surface area contributed by atoms with E-state index in [4.69, 9.17) is 4.74 Å². The van der Waals surface area contributed by atoms with Crippen LogP contribution in [0.2, 0.25) is 0 Å². The van der Waals surface area contributed by atoms with Crippen molar-refractivity contribution >= 4 is 28.2 Å². The first-order valence-corrected chi connectivity index (χ1v) is 10.3. The van der Waals surface area contributed by atoms with E-state index in [9.17, 15) is 0 Å². The van der Waals surface area contributed by atoms with E-state index < -0.39 is 0 Å². The smallest absolute Gasteiger partial charge is 0.160 e. The van der Waals surface area contributed by atoms with Crippen molar-refractivity contribution in [1.82, 2.24) is 24.6 Å². The van der Waals surface area contributed by atoms with E-state index in [1.54, 1.807) is 6.33 Å². The van der Waals surface area contributed by atoms with E-state index in [0.717, 1.165) is 74.8 Å². The average Bonchev–Trinajstić information content (AvgIpc) is 3.21. The predicted octanol–water partition coefficient (Wildman–Crippen LogP) is 2.67. The van der Waals surface area contributed by atoms with Gasteiger partial charge in [-0.3, -0.25) is 4.68 Å². The first-order chi connectivity index (χ1) is 14.3. The van der Waals surface area contributed by atoms with Gasteiger partial charge in [0, 0.05) is 24.5 Å². The van der Waals surface area contributed by atoms with Crippen LogP contribution in [0.5, 0.6) is 0 Å². The van der Waals surface area contributed by atoms with Gasteiger partial charge in [0.05, 0.1) is 25.5 Å². The van der Waals surface area contributed by atoms with Crippen LogP contribution in [0.3, 0.4) is 0 Å². The highest BCUT2D eigenvalue weighted by atomic mass is 16.5. The number of fused-ring (bicyclic) bond motifs is 1. The molecule has 0 amide bonds. The highest BCUT2D eigenvalue weighted by Gasteiger charge is 2.22. The van der Waals surface area contributed by atoms with Gasteiger partial charge in [0.1, 0.15) is 17.4 Å². The maximum Gasteiger partial charge on any atom is 0.160 e. The van der Waals surface area contributed by atoms with Crippen LogP contribution in [-0.4, -0.2) is 71.1 Å². The van der Waals surface area contributed by atoms with E-state index in [0.29, 0.717) is 6.04 Å². The van der Waals surface area contributed by atoms with Crippen LogP contribution >= 0.6 is 0 Å². The number of hydrogen-bond acceptors (Lipinski definition) is 7. The van der Waals surface area contributed by atoms with Crippen molar-refractivity contribution in [1.29, 1.82) is 0 Å². The molecule has 8 nitrogen and oxygen atoms in total. The molecule has 0 bridgehead atoms. The van der Waals surface area contributed by atoms with Crippen molar-refractivity contribution in [3.63, 3.8) is 0 Å². The molecule has 0 atom stereocenters. The normalized spacial score (nSPS) is 19.0. The average molecular weight is 393 g/mol. The largest absolute Gasteiger partial charge is 0.378 e. The third-order valence-corrected chi connectivity index (χ3v) is 5.92. The zero-order valence-electron chi connectivity index (χ0n) is 16.8. The summed E-state index contributed by atoms with van der Waals surface area (Å²) in [7, 11) is 2.17. The molecule has 2 aliphatic heterocycles. The van der Waals surface area contributed by atoms with Gasteiger partial charge in [0.2, 0.25) is 0 Å². The maximum atomic E-state index is 5.45. The summed E-state index contributed by atoms with van der Waals surface area (Å²) in [6, 6.07) is 8.91. The molecule has 1 N–H and O–H groups in total. The summed E-state index contributed by atoms with van der Waals surface area (Å²) in [5.74, 6) is 0.811. The summed E-state index contributed by atoms with van der Waals surface area (Å²) in [6.45, 7) is 5.64. The Morgan fingerprint density at radius 1 is 1.00 bits per heavy atom. The van der Waals surface area contributed by atoms with Crippen LogP contribution < -0.4 is 10.2 Å². The number of hydrogen-bond donors (Lipinski definition) is 1. The summed E-state index contributed by atoms with van der Waals surface area (Å²) < 4.78 is 7.56. The van der Waals surface area contributed by atoms with E-state index in [2.05, 4.69) is 66.2 Å². The lowest BCUT2D eigenvalue weighted by Crippen LogP contribution is -2.36. The van der Waals surface area contributed by atoms with E-state index in [1.807, 2.05) is 6.20 Å². The van der Waals surface area contributed by atoms with Crippen molar-refractivity contribution in [2.75, 3.05) is 56.7 Å². The Balaban J connectivity index is 1.39. The molecule has 8 heteroatoms. The van der Waals surface area contributed by atoms with Gasteiger partial charge in [-0.1, -0.05) is 0 Å². The Morgan fingerprint density at radius 2 is 1.76 bits per heavy atom. The van der Waals surface area contributed by atoms with Crippen LogP contribution in [0.1, 0.15) is 18.9 Å². The molecule has 0 radical (unpaired) electrons. The Labute approximate surface area is 170 Å². The molecule has 5 rings (SSSR count). The lowest BCUT2D eigenvalue weighted by Gasteiger charge is -2.29. The molecule has 2 saturated heterocycles. The first-order valence-electron chi connectivity index (χ1n) is 10.3. The number of morpholine rings is 1. The minimum atomic E-state index is 0.388. The molecule has 2 aromatic heterocycles. The Morgan fingerprint density at radius 3 is 2.52 bits per heavy atom. The summed E-state index contributed by atoms with van der Waals surface area (Å²) in [5.41, 5.74) is 4.10. The number of anilines is 3. The second-order valence-corrected chi connectivity index (χ2v) is 7.85. The molecule has 0 spiro atoms. The number of aromatic nitrogens is 4. The standard InChI is InChI=1S/C21H27N7O/c1-26-8-6-18(7-9-26)28-20-19(14-24-28)22-15-23-21(20)25-16-2-4-17(5-3-16)27-10-12-29-13-11-27/h2-5,14-15,18H,6-13H2,1H3,(H,22,23,25). The van der Waals surface area contributed by atoms with Crippen LogP contribution in [0.15, 0.2) is 36.8 Å². The molecule has 0 aliphatic carbocycles. The number of nitrogens with zero attached hydrogens (tertiary/aromatic N) is 6. The van der Waals surface area contributed by atoms with Gasteiger partial charge in [0.25, 0.3) is 0 Å². The van der Waals surface area contributed by atoms with Crippen LogP contribution in [0, 0.1) is 0 Å². The molecule has 1 aromatic carbocycles. The summed E-state index contributed by atoms with van der Waals surface area (Å²) in [4.78, 5) is 13.7. The van der Waals surface area contributed by atoms with Crippen molar-refractivity contribution in [2.24, 2.45) is 0 Å². The predicted molar refractivity (Wildman–Crippen MR) is 114 cm³/mol. The van der Waals surface area contributed by atoms with Gasteiger partial charge < -0.3 is 19.9 Å². The molecule has 152 valence electrons. The van der Waals surface area contributed by atoms with Gasteiger partial charge >= 0.3 is 0 Å². The summed E-state index contributed by atoms with van der Waals surface area (Å²) in [5, 5.41) is 8.14. The minimum Gasteiger partial charge on any atom is -0.378 e. The van der Waals surface area contributed by atoms with Gasteiger partial charge in [-0.25, -0.2) is 9.97 Å². The quantitative estimate of drug-likeness (QED) is 0.731. The van der Waals surface area contributed by atoms with Crippen molar-refractivity contribution in [3.8, 4) is 0 Å². The Bertz CT molecular complexity index is 957. The molecule has 0 unspecified atom stereocenters. The topological polar surface area (TPSA) is 71.3 Å². The number of nitrogens with one attached hydrogen (secondary N) is 1. The SMILES string of the molecule is CN1CCC(n2ncc3ncnc(Nc4ccc(N5CCOCC5)cc4)c32)CC1. The monoisotopic (exact) mass is 393 g/mol. The number of ether oxygens (including phenoxy) is 1. The van der Waals surface area contributed by atoms with E-state index >= 15 is 0 Å². The van der Waals surface area contributed by atoms with Crippen LogP contribution in [-0.2, 0) is 4.74 Å². The summed E-state index contributed by atoms with van der Waals surface area (Å²) >= 11 is 0.